The van der Waals surface area contributed by atoms with Gasteiger partial charge in [0.05, 0.1) is 34.0 Å². The van der Waals surface area contributed by atoms with Crippen molar-refractivity contribution in [3.63, 3.8) is 0 Å². The number of aryl methyl sites for hydroxylation is 1. The van der Waals surface area contributed by atoms with Crippen molar-refractivity contribution in [2.45, 2.75) is 18.4 Å². The lowest BCUT2D eigenvalue weighted by Gasteiger charge is -2.19. The van der Waals surface area contributed by atoms with Crippen molar-refractivity contribution in [2.75, 3.05) is 18.5 Å². The van der Waals surface area contributed by atoms with Crippen molar-refractivity contribution >= 4 is 51.0 Å². The first kappa shape index (κ1) is 29.9. The van der Waals surface area contributed by atoms with Gasteiger partial charge in [-0.1, -0.05) is 47.0 Å². The number of carbonyl (C=O) groups is 1. The molecule has 1 N–H and O–H groups in total. The van der Waals surface area contributed by atoms with E-state index in [1.54, 1.807) is 66.7 Å². The molecule has 11 heteroatoms. The zero-order valence-corrected chi connectivity index (χ0v) is 24.8. The molecule has 0 fully saturated rings. The molecule has 0 heterocycles. The highest BCUT2D eigenvalue weighted by Crippen LogP contribution is 2.29. The number of nitrogens with zero attached hydrogens (tertiary/aromatic N) is 2. The Morgan fingerprint density at radius 2 is 1.63 bits per heavy atom. The van der Waals surface area contributed by atoms with Crippen LogP contribution in [0.1, 0.15) is 27.0 Å². The summed E-state index contributed by atoms with van der Waals surface area (Å²) in [6.07, 6.45) is 1.47. The van der Waals surface area contributed by atoms with Crippen LogP contribution in [0.4, 0.5) is 5.69 Å². The van der Waals surface area contributed by atoms with Crippen LogP contribution < -0.4 is 19.2 Å². The molecule has 4 aromatic rings. The zero-order chi connectivity index (χ0) is 29.6. The number of methoxy groups -OCH3 is 1. The molecule has 0 aliphatic carbocycles. The standard InChI is InChI=1S/C30H27Cl2N3O5S/c1-20-4-12-25(13-5-20)41(37,38)35(2)24-10-8-23(9-11-24)30(36)34-33-18-21-7-15-28(29(17-21)39-3)40-19-22-6-14-26(31)27(32)16-22/h4-18H,19H2,1-3H3,(H,34,36)/b33-18-. The molecule has 8 nitrogen and oxygen atoms in total. The Kier molecular flexibility index (Phi) is 9.54. The van der Waals surface area contributed by atoms with E-state index in [0.29, 0.717) is 38.4 Å². The molecule has 4 rings (SSSR count). The smallest absolute Gasteiger partial charge is 0.271 e. The number of amides is 1. The number of anilines is 1. The van der Waals surface area contributed by atoms with Gasteiger partial charge in [0, 0.05) is 12.6 Å². The largest absolute Gasteiger partial charge is 0.493 e. The summed E-state index contributed by atoms with van der Waals surface area (Å²) in [6, 6.07) is 23.3. The number of halogens is 2. The molecule has 1 amide bonds. The van der Waals surface area contributed by atoms with Gasteiger partial charge in [-0.25, -0.2) is 13.8 Å². The molecule has 0 spiro atoms. The third-order valence-electron chi connectivity index (χ3n) is 6.12. The van der Waals surface area contributed by atoms with Crippen LogP contribution >= 0.6 is 23.2 Å². The Morgan fingerprint density at radius 3 is 2.29 bits per heavy atom. The van der Waals surface area contributed by atoms with Gasteiger partial charge in [0.25, 0.3) is 15.9 Å². The second-order valence-corrected chi connectivity index (χ2v) is 11.8. The third-order valence-corrected chi connectivity index (χ3v) is 8.66. The van der Waals surface area contributed by atoms with Crippen LogP contribution in [-0.4, -0.2) is 34.7 Å². The molecule has 0 aliphatic heterocycles. The van der Waals surface area contributed by atoms with Crippen molar-refractivity contribution in [1.82, 2.24) is 5.43 Å². The van der Waals surface area contributed by atoms with Gasteiger partial charge in [-0.05, 0) is 84.8 Å². The molecule has 0 aliphatic rings. The van der Waals surface area contributed by atoms with Crippen LogP contribution in [0.5, 0.6) is 11.5 Å². The molecule has 0 saturated heterocycles. The first-order chi connectivity index (χ1) is 19.6. The van der Waals surface area contributed by atoms with E-state index in [1.807, 2.05) is 13.0 Å². The zero-order valence-electron chi connectivity index (χ0n) is 22.5. The predicted octanol–water partition coefficient (Wildman–Crippen LogP) is 6.48. The molecule has 0 saturated carbocycles. The maximum atomic E-state index is 12.9. The van der Waals surface area contributed by atoms with Gasteiger partial charge in [0.1, 0.15) is 6.61 Å². The average molecular weight is 613 g/mol. The van der Waals surface area contributed by atoms with E-state index in [9.17, 15) is 13.2 Å². The van der Waals surface area contributed by atoms with Crippen LogP contribution in [0.2, 0.25) is 10.0 Å². The summed E-state index contributed by atoms with van der Waals surface area (Å²) in [6.45, 7) is 2.15. The Bertz CT molecular complexity index is 1680. The number of nitrogens with one attached hydrogen (secondary N) is 1. The Labute approximate surface area is 249 Å². The van der Waals surface area contributed by atoms with Gasteiger partial charge in [-0.15, -0.1) is 0 Å². The van der Waals surface area contributed by atoms with E-state index >= 15 is 0 Å². The fourth-order valence-corrected chi connectivity index (χ4v) is 5.25. The number of hydrazone groups is 1. The molecule has 0 atom stereocenters. The molecule has 41 heavy (non-hydrogen) atoms. The predicted molar refractivity (Wildman–Crippen MR) is 162 cm³/mol. The monoisotopic (exact) mass is 611 g/mol. The Balaban J connectivity index is 1.36. The normalized spacial score (nSPS) is 11.3. The topological polar surface area (TPSA) is 97.3 Å². The Hall–Kier alpha value is -4.05. The van der Waals surface area contributed by atoms with E-state index in [2.05, 4.69) is 10.5 Å². The van der Waals surface area contributed by atoms with Crippen LogP contribution in [0.3, 0.4) is 0 Å². The average Bonchev–Trinajstić information content (AvgIpc) is 2.97. The van der Waals surface area contributed by atoms with Crippen LogP contribution in [0.25, 0.3) is 0 Å². The fraction of sp³-hybridized carbons (Fsp3) is 0.133. The van der Waals surface area contributed by atoms with Gasteiger partial charge in [-0.2, -0.15) is 5.10 Å². The van der Waals surface area contributed by atoms with Crippen molar-refractivity contribution in [3.05, 3.63) is 117 Å². The minimum absolute atomic E-state index is 0.185. The SMILES string of the molecule is COc1cc(/C=N\NC(=O)c2ccc(N(C)S(=O)(=O)c3ccc(C)cc3)cc2)ccc1OCc1ccc(Cl)c(Cl)c1. The van der Waals surface area contributed by atoms with E-state index in [-0.39, 0.29) is 11.5 Å². The molecule has 0 bridgehead atoms. The second-order valence-electron chi connectivity index (χ2n) is 8.98. The van der Waals surface area contributed by atoms with Crippen molar-refractivity contribution in [3.8, 4) is 11.5 Å². The van der Waals surface area contributed by atoms with Gasteiger partial charge in [0.2, 0.25) is 0 Å². The molecular weight excluding hydrogens is 585 g/mol. The number of sulfonamides is 1. The molecule has 212 valence electrons. The first-order valence-corrected chi connectivity index (χ1v) is 14.5. The summed E-state index contributed by atoms with van der Waals surface area (Å²) in [7, 11) is -0.747. The number of carbonyl (C=O) groups excluding carboxylic acids is 1. The molecule has 0 aromatic heterocycles. The fourth-order valence-electron chi connectivity index (χ4n) is 3.73. The van der Waals surface area contributed by atoms with Crippen LogP contribution in [0.15, 0.2) is 94.9 Å². The summed E-state index contributed by atoms with van der Waals surface area (Å²) in [5.41, 5.74) is 5.68. The van der Waals surface area contributed by atoms with E-state index in [4.69, 9.17) is 32.7 Å². The lowest BCUT2D eigenvalue weighted by atomic mass is 10.2. The summed E-state index contributed by atoms with van der Waals surface area (Å²) < 4.78 is 38.3. The number of benzene rings is 4. The number of hydrogen-bond donors (Lipinski definition) is 1. The molecule has 0 radical (unpaired) electrons. The van der Waals surface area contributed by atoms with E-state index < -0.39 is 15.9 Å². The van der Waals surface area contributed by atoms with Crippen molar-refractivity contribution in [2.24, 2.45) is 5.10 Å². The molecule has 4 aromatic carbocycles. The van der Waals surface area contributed by atoms with Gasteiger partial charge < -0.3 is 9.47 Å². The van der Waals surface area contributed by atoms with Crippen LogP contribution in [0, 0.1) is 6.92 Å². The number of ether oxygens (including phenoxy) is 2. The highest BCUT2D eigenvalue weighted by Gasteiger charge is 2.21. The highest BCUT2D eigenvalue weighted by atomic mass is 35.5. The maximum absolute atomic E-state index is 12.9. The summed E-state index contributed by atoms with van der Waals surface area (Å²) in [4.78, 5) is 12.8. The highest BCUT2D eigenvalue weighted by molar-refractivity contribution is 7.92. The quantitative estimate of drug-likeness (QED) is 0.163. The summed E-state index contributed by atoms with van der Waals surface area (Å²) in [5.74, 6) is 0.556. The van der Waals surface area contributed by atoms with Gasteiger partial charge in [-0.3, -0.25) is 9.10 Å². The van der Waals surface area contributed by atoms with E-state index in [0.717, 1.165) is 11.1 Å². The van der Waals surface area contributed by atoms with Gasteiger partial charge in [0.15, 0.2) is 11.5 Å². The van der Waals surface area contributed by atoms with Crippen molar-refractivity contribution < 1.29 is 22.7 Å². The summed E-state index contributed by atoms with van der Waals surface area (Å²) in [5, 5.41) is 4.94. The van der Waals surface area contributed by atoms with Crippen LogP contribution in [-0.2, 0) is 16.6 Å². The number of rotatable bonds is 10. The molecule has 0 unspecified atom stereocenters. The minimum Gasteiger partial charge on any atom is -0.493 e. The Morgan fingerprint density at radius 1 is 0.927 bits per heavy atom. The maximum Gasteiger partial charge on any atom is 0.271 e. The molecular formula is C30H27Cl2N3O5S. The van der Waals surface area contributed by atoms with Crippen molar-refractivity contribution in [1.29, 1.82) is 0 Å². The van der Waals surface area contributed by atoms with Gasteiger partial charge >= 0.3 is 0 Å². The summed E-state index contributed by atoms with van der Waals surface area (Å²) >= 11 is 12.0. The first-order valence-electron chi connectivity index (χ1n) is 12.3. The second kappa shape index (κ2) is 13.1. The number of hydrogen-bond acceptors (Lipinski definition) is 6. The lowest BCUT2D eigenvalue weighted by molar-refractivity contribution is 0.0955. The van der Waals surface area contributed by atoms with E-state index in [1.165, 1.54) is 36.8 Å². The third kappa shape index (κ3) is 7.38. The minimum atomic E-state index is -3.74. The lowest BCUT2D eigenvalue weighted by Crippen LogP contribution is -2.26.